The molecule has 1 aromatic carbocycles. The van der Waals surface area contributed by atoms with Crippen LogP contribution < -0.4 is 5.30 Å². The number of nitrogens with zero attached hydrogens (tertiary/aromatic N) is 1. The maximum Gasteiger partial charge on any atom is 0.356 e. The molecule has 0 fully saturated rings. The first-order valence-corrected chi connectivity index (χ1v) is 5.60. The average Bonchev–Trinajstić information content (AvgIpc) is 2.41. The molecule has 0 radical (unpaired) electrons. The lowest BCUT2D eigenvalue weighted by molar-refractivity contribution is 0.387. The molecule has 0 amide bonds. The van der Waals surface area contributed by atoms with Gasteiger partial charge in [-0.15, -0.1) is 0 Å². The molecule has 2 rings (SSSR count). The fourth-order valence-electron chi connectivity index (χ4n) is 1.31. The van der Waals surface area contributed by atoms with E-state index in [2.05, 4.69) is 9.97 Å². The van der Waals surface area contributed by atoms with Crippen LogP contribution in [-0.4, -0.2) is 19.8 Å². The molecule has 14 heavy (non-hydrogen) atoms. The Morgan fingerprint density at radius 3 is 2.79 bits per heavy atom. The van der Waals surface area contributed by atoms with E-state index in [1.54, 1.807) is 13.0 Å². The van der Waals surface area contributed by atoms with Crippen molar-refractivity contribution in [1.29, 1.82) is 0 Å². The third-order valence-corrected chi connectivity index (χ3v) is 2.87. The maximum atomic E-state index is 10.9. The molecule has 1 heterocycles. The topological polar surface area (TPSA) is 86.2 Å². The normalized spacial score (nSPS) is 12.2. The molecule has 74 valence electrons. The Hall–Kier alpha value is -1.16. The van der Waals surface area contributed by atoms with Gasteiger partial charge in [0.2, 0.25) is 0 Å². The number of nitrogens with one attached hydrogen (secondary N) is 1. The van der Waals surface area contributed by atoms with Crippen LogP contribution in [0.25, 0.3) is 11.0 Å². The zero-order valence-corrected chi connectivity index (χ0v) is 8.32. The molecule has 0 saturated heterocycles. The van der Waals surface area contributed by atoms with E-state index in [4.69, 9.17) is 9.79 Å². The summed E-state index contributed by atoms with van der Waals surface area (Å²) in [6.07, 6.45) is 0. The van der Waals surface area contributed by atoms with Gasteiger partial charge in [-0.25, -0.2) is 4.98 Å². The van der Waals surface area contributed by atoms with Crippen molar-refractivity contribution in [2.24, 2.45) is 0 Å². The fraction of sp³-hybridized carbons (Fsp3) is 0.125. The smallest absolute Gasteiger partial charge is 0.342 e. The quantitative estimate of drug-likeness (QED) is 0.606. The van der Waals surface area contributed by atoms with Gasteiger partial charge < -0.3 is 14.8 Å². The van der Waals surface area contributed by atoms with Gasteiger partial charge in [-0.3, -0.25) is 4.57 Å². The van der Waals surface area contributed by atoms with E-state index in [9.17, 15) is 4.57 Å². The van der Waals surface area contributed by atoms with Crippen molar-refractivity contribution >= 4 is 23.9 Å². The van der Waals surface area contributed by atoms with Gasteiger partial charge in [0, 0.05) is 0 Å². The van der Waals surface area contributed by atoms with E-state index >= 15 is 0 Å². The minimum Gasteiger partial charge on any atom is -0.342 e. The van der Waals surface area contributed by atoms with Crippen LogP contribution in [0.2, 0.25) is 0 Å². The number of aryl methyl sites for hydroxylation is 1. The molecule has 0 atom stereocenters. The Bertz CT molecular complexity index is 528. The standard InChI is InChI=1S/C8H9N2O3P/c1-5-9-7-3-2-6(14(11,12)13)4-8(7)10-5/h2-4H,1H3,(H,9,10)(H2,11,12,13). The average molecular weight is 212 g/mol. The van der Waals surface area contributed by atoms with Gasteiger partial charge in [0.25, 0.3) is 0 Å². The predicted octanol–water partition coefficient (Wildman–Crippen LogP) is 0.674. The number of aromatic amines is 1. The zero-order valence-electron chi connectivity index (χ0n) is 7.43. The SMILES string of the molecule is Cc1nc2ccc(P(=O)(O)O)cc2[nH]1. The molecular formula is C8H9N2O3P. The van der Waals surface area contributed by atoms with Crippen molar-refractivity contribution in [1.82, 2.24) is 9.97 Å². The van der Waals surface area contributed by atoms with E-state index in [0.29, 0.717) is 11.0 Å². The fourth-order valence-corrected chi connectivity index (χ4v) is 1.87. The maximum absolute atomic E-state index is 10.9. The number of benzene rings is 1. The number of imidazole rings is 1. The summed E-state index contributed by atoms with van der Waals surface area (Å²) in [7, 11) is -4.16. The first-order chi connectivity index (χ1) is 6.47. The molecule has 0 aliphatic heterocycles. The third kappa shape index (κ3) is 1.57. The van der Waals surface area contributed by atoms with Crippen LogP contribution >= 0.6 is 7.60 Å². The second kappa shape index (κ2) is 2.92. The van der Waals surface area contributed by atoms with Crippen molar-refractivity contribution < 1.29 is 14.4 Å². The molecule has 0 saturated carbocycles. The van der Waals surface area contributed by atoms with Gasteiger partial charge in [-0.1, -0.05) is 0 Å². The minimum absolute atomic E-state index is 0.00801. The minimum atomic E-state index is -4.16. The summed E-state index contributed by atoms with van der Waals surface area (Å²) in [6.45, 7) is 1.79. The molecule has 1 aromatic heterocycles. The monoisotopic (exact) mass is 212 g/mol. The van der Waals surface area contributed by atoms with Gasteiger partial charge in [-0.2, -0.15) is 0 Å². The summed E-state index contributed by atoms with van der Waals surface area (Å²) >= 11 is 0. The summed E-state index contributed by atoms with van der Waals surface area (Å²) in [4.78, 5) is 24.9. The number of aromatic nitrogens is 2. The molecule has 0 bridgehead atoms. The van der Waals surface area contributed by atoms with Crippen LogP contribution in [0.1, 0.15) is 5.82 Å². The largest absolute Gasteiger partial charge is 0.356 e. The zero-order chi connectivity index (χ0) is 10.3. The summed E-state index contributed by atoms with van der Waals surface area (Å²) in [5, 5.41) is 0.00801. The lowest BCUT2D eigenvalue weighted by Crippen LogP contribution is -2.02. The number of H-pyrrole nitrogens is 1. The van der Waals surface area contributed by atoms with Crippen molar-refractivity contribution in [3.05, 3.63) is 24.0 Å². The van der Waals surface area contributed by atoms with Crippen molar-refractivity contribution in [3.63, 3.8) is 0 Å². The summed E-state index contributed by atoms with van der Waals surface area (Å²) in [6, 6.07) is 4.41. The van der Waals surface area contributed by atoms with E-state index in [1.807, 2.05) is 0 Å². The third-order valence-electron chi connectivity index (χ3n) is 1.92. The molecule has 3 N–H and O–H groups in total. The molecule has 5 nitrogen and oxygen atoms in total. The molecule has 6 heteroatoms. The van der Waals surface area contributed by atoms with Gasteiger partial charge in [-0.05, 0) is 25.1 Å². The first kappa shape index (κ1) is 9.40. The number of fused-ring (bicyclic) bond motifs is 1. The number of rotatable bonds is 1. The van der Waals surface area contributed by atoms with Gasteiger partial charge in [0.15, 0.2) is 0 Å². The van der Waals surface area contributed by atoms with Gasteiger partial charge >= 0.3 is 7.60 Å². The van der Waals surface area contributed by atoms with Crippen molar-refractivity contribution in [3.8, 4) is 0 Å². The lowest BCUT2D eigenvalue weighted by atomic mass is 10.3. The van der Waals surface area contributed by atoms with Crippen LogP contribution in [0.4, 0.5) is 0 Å². The van der Waals surface area contributed by atoms with Crippen LogP contribution in [0.5, 0.6) is 0 Å². The Morgan fingerprint density at radius 2 is 2.14 bits per heavy atom. The van der Waals surface area contributed by atoms with Crippen LogP contribution in [-0.2, 0) is 4.57 Å². The highest BCUT2D eigenvalue weighted by Gasteiger charge is 2.17. The Morgan fingerprint density at radius 1 is 1.43 bits per heavy atom. The summed E-state index contributed by atoms with van der Waals surface area (Å²) in [5.41, 5.74) is 1.35. The predicted molar refractivity (Wildman–Crippen MR) is 52.5 cm³/mol. The van der Waals surface area contributed by atoms with E-state index in [0.717, 1.165) is 5.82 Å². The molecule has 2 aromatic rings. The Labute approximate surface area is 80.0 Å². The van der Waals surface area contributed by atoms with Gasteiger partial charge in [0.05, 0.1) is 16.3 Å². The molecule has 0 aliphatic carbocycles. The second-order valence-electron chi connectivity index (χ2n) is 3.07. The highest BCUT2D eigenvalue weighted by molar-refractivity contribution is 7.60. The molecule has 0 aliphatic rings. The van der Waals surface area contributed by atoms with Crippen LogP contribution in [0.3, 0.4) is 0 Å². The van der Waals surface area contributed by atoms with Crippen molar-refractivity contribution in [2.75, 3.05) is 0 Å². The van der Waals surface area contributed by atoms with Crippen LogP contribution in [0, 0.1) is 6.92 Å². The summed E-state index contributed by atoms with van der Waals surface area (Å²) in [5.74, 6) is 0.725. The van der Waals surface area contributed by atoms with E-state index < -0.39 is 7.60 Å². The van der Waals surface area contributed by atoms with Crippen molar-refractivity contribution in [2.45, 2.75) is 6.92 Å². The Balaban J connectivity index is 2.67. The second-order valence-corrected chi connectivity index (χ2v) is 4.67. The molecule has 0 unspecified atom stereocenters. The number of hydrogen-bond donors (Lipinski definition) is 3. The van der Waals surface area contributed by atoms with Gasteiger partial charge in [0.1, 0.15) is 5.82 Å². The highest BCUT2D eigenvalue weighted by Crippen LogP contribution is 2.33. The first-order valence-electron chi connectivity index (χ1n) is 3.99. The highest BCUT2D eigenvalue weighted by atomic mass is 31.2. The lowest BCUT2D eigenvalue weighted by Gasteiger charge is -2.02. The Kier molecular flexibility index (Phi) is 1.96. The molecular weight excluding hydrogens is 203 g/mol. The number of hydrogen-bond acceptors (Lipinski definition) is 2. The van der Waals surface area contributed by atoms with Crippen LogP contribution in [0.15, 0.2) is 18.2 Å². The summed E-state index contributed by atoms with van der Waals surface area (Å²) < 4.78 is 10.9. The van der Waals surface area contributed by atoms with E-state index in [1.165, 1.54) is 12.1 Å². The van der Waals surface area contributed by atoms with E-state index in [-0.39, 0.29) is 5.30 Å². The molecule has 0 spiro atoms.